The fourth-order valence-electron chi connectivity index (χ4n) is 2.62. The van der Waals surface area contributed by atoms with Crippen molar-refractivity contribution in [2.75, 3.05) is 18.9 Å². The predicted molar refractivity (Wildman–Crippen MR) is 108 cm³/mol. The van der Waals surface area contributed by atoms with E-state index in [9.17, 15) is 40.8 Å². The number of alkyl halides is 3. The normalized spacial score (nSPS) is 11.9. The van der Waals surface area contributed by atoms with Crippen LogP contribution in [0, 0.1) is 0 Å². The number of nitrogens with one attached hydrogen (secondary N) is 1. The molecule has 15 heteroatoms. The van der Waals surface area contributed by atoms with Crippen molar-refractivity contribution in [1.29, 1.82) is 0 Å². The molecule has 1 heterocycles. The summed E-state index contributed by atoms with van der Waals surface area (Å²) in [6.07, 6.45) is -5.30. The molecular formula is C18H19F3N4O7S. The molecule has 0 bridgehead atoms. The van der Waals surface area contributed by atoms with E-state index < -0.39 is 80.6 Å². The lowest BCUT2D eigenvalue weighted by Crippen LogP contribution is -2.42. The van der Waals surface area contributed by atoms with Crippen LogP contribution in [0.4, 0.5) is 19.0 Å². The molecule has 0 atom stereocenters. The van der Waals surface area contributed by atoms with Crippen molar-refractivity contribution < 1.29 is 35.9 Å². The van der Waals surface area contributed by atoms with Gasteiger partial charge in [-0.05, 0) is 18.2 Å². The minimum absolute atomic E-state index is 0.419. The summed E-state index contributed by atoms with van der Waals surface area (Å²) in [7, 11) is -1.99. The number of anilines is 1. The van der Waals surface area contributed by atoms with E-state index in [1.165, 1.54) is 7.05 Å². The summed E-state index contributed by atoms with van der Waals surface area (Å²) in [6.45, 7) is -1.44. The fraction of sp³-hybridized carbons (Fsp3) is 0.333. The first-order valence-corrected chi connectivity index (χ1v) is 10.6. The maximum absolute atomic E-state index is 12.8. The number of Topliss-reactive ketones (excluding diaryl/α,β-unsaturated/α-hetero) is 1. The molecule has 3 N–H and O–H groups in total. The number of halogens is 3. The van der Waals surface area contributed by atoms with E-state index in [1.807, 2.05) is 4.72 Å². The van der Waals surface area contributed by atoms with Crippen molar-refractivity contribution in [2.45, 2.75) is 17.5 Å². The third kappa shape index (κ3) is 5.87. The highest BCUT2D eigenvalue weighted by Crippen LogP contribution is 2.30. The summed E-state index contributed by atoms with van der Waals surface area (Å²) in [5.74, 6) is -2.44. The van der Waals surface area contributed by atoms with Gasteiger partial charge in [0.25, 0.3) is 5.56 Å². The molecule has 2 aromatic rings. The zero-order valence-electron chi connectivity index (χ0n) is 17.3. The number of carbonyl (C=O) groups is 2. The molecule has 180 valence electrons. The highest BCUT2D eigenvalue weighted by Gasteiger charge is 2.31. The Hall–Kier alpha value is -3.46. The Kier molecular flexibility index (Phi) is 7.49. The number of carbonyl (C=O) groups excluding carboxylic acids is 2. The highest BCUT2D eigenvalue weighted by atomic mass is 32.2. The summed E-state index contributed by atoms with van der Waals surface area (Å²) in [6, 6.07) is 3.02. The summed E-state index contributed by atoms with van der Waals surface area (Å²) in [5.41, 5.74) is 2.16. The molecule has 0 amide bonds. The van der Waals surface area contributed by atoms with Gasteiger partial charge in [-0.2, -0.15) is 13.2 Å². The van der Waals surface area contributed by atoms with Crippen molar-refractivity contribution in [3.05, 3.63) is 56.2 Å². The first kappa shape index (κ1) is 25.8. The molecule has 1 aromatic carbocycles. The van der Waals surface area contributed by atoms with Gasteiger partial charge in [-0.25, -0.2) is 17.9 Å². The molecule has 0 fully saturated rings. The van der Waals surface area contributed by atoms with Gasteiger partial charge in [0.15, 0.2) is 6.61 Å². The lowest BCUT2D eigenvalue weighted by Gasteiger charge is -2.11. The van der Waals surface area contributed by atoms with Crippen LogP contribution >= 0.6 is 0 Å². The molecule has 1 aromatic heterocycles. The second-order valence-electron chi connectivity index (χ2n) is 6.72. The Balaban J connectivity index is 1.98. The minimum atomic E-state index is -4.74. The molecule has 0 radical (unpaired) electrons. The van der Waals surface area contributed by atoms with Crippen molar-refractivity contribution in [3.8, 4) is 0 Å². The van der Waals surface area contributed by atoms with Gasteiger partial charge in [0, 0.05) is 20.6 Å². The van der Waals surface area contributed by atoms with E-state index in [0.29, 0.717) is 16.7 Å². The van der Waals surface area contributed by atoms with Gasteiger partial charge in [-0.3, -0.25) is 23.5 Å². The van der Waals surface area contributed by atoms with Gasteiger partial charge in [0.1, 0.15) is 11.4 Å². The van der Waals surface area contributed by atoms with Crippen LogP contribution in [0.15, 0.2) is 38.8 Å². The highest BCUT2D eigenvalue weighted by molar-refractivity contribution is 7.89. The maximum Gasteiger partial charge on any atom is 0.416 e. The smallest absolute Gasteiger partial charge is 0.416 e. The van der Waals surface area contributed by atoms with Crippen LogP contribution in [0.1, 0.15) is 22.3 Å². The number of nitrogen functional groups attached to an aromatic ring is 1. The van der Waals surface area contributed by atoms with Gasteiger partial charge in [-0.15, -0.1) is 0 Å². The van der Waals surface area contributed by atoms with Gasteiger partial charge in [-0.1, -0.05) is 6.07 Å². The Morgan fingerprint density at radius 1 is 1.15 bits per heavy atom. The minimum Gasteiger partial charge on any atom is -0.457 e. The average molecular weight is 492 g/mol. The number of ether oxygens (including phenoxy) is 1. The number of aromatic nitrogens is 2. The summed E-state index contributed by atoms with van der Waals surface area (Å²) < 4.78 is 70.7. The molecule has 0 unspecified atom stereocenters. The Morgan fingerprint density at radius 2 is 1.79 bits per heavy atom. The maximum atomic E-state index is 12.8. The van der Waals surface area contributed by atoms with Gasteiger partial charge in [0.2, 0.25) is 15.8 Å². The zero-order valence-corrected chi connectivity index (χ0v) is 18.1. The van der Waals surface area contributed by atoms with Gasteiger partial charge < -0.3 is 10.5 Å². The lowest BCUT2D eigenvalue weighted by molar-refractivity contribution is -0.142. The van der Waals surface area contributed by atoms with E-state index in [4.69, 9.17) is 10.5 Å². The van der Waals surface area contributed by atoms with E-state index in [0.717, 1.165) is 23.7 Å². The topological polar surface area (TPSA) is 160 Å². The lowest BCUT2D eigenvalue weighted by atomic mass is 10.2. The quantitative estimate of drug-likeness (QED) is 0.378. The fourth-order valence-corrected chi connectivity index (χ4v) is 3.70. The Morgan fingerprint density at radius 3 is 2.39 bits per heavy atom. The molecule has 0 saturated carbocycles. The van der Waals surface area contributed by atoms with Crippen LogP contribution in [0.5, 0.6) is 0 Å². The second kappa shape index (κ2) is 9.58. The number of ketones is 1. The van der Waals surface area contributed by atoms with Crippen molar-refractivity contribution in [2.24, 2.45) is 14.1 Å². The molecule has 11 nitrogen and oxygen atoms in total. The number of hydrogen-bond donors (Lipinski definition) is 2. The second-order valence-corrected chi connectivity index (χ2v) is 8.49. The number of sulfonamides is 1. The van der Waals surface area contributed by atoms with Crippen LogP contribution in [0.2, 0.25) is 0 Å². The molecule has 0 aliphatic heterocycles. The monoisotopic (exact) mass is 492 g/mol. The summed E-state index contributed by atoms with van der Waals surface area (Å²) in [5, 5.41) is 0. The van der Waals surface area contributed by atoms with Crippen molar-refractivity contribution in [3.63, 3.8) is 0 Å². The molecule has 0 aliphatic carbocycles. The molecule has 2 rings (SSSR count). The number of hydrogen-bond acceptors (Lipinski definition) is 8. The zero-order chi connectivity index (χ0) is 25.1. The van der Waals surface area contributed by atoms with Crippen LogP contribution < -0.4 is 21.7 Å². The predicted octanol–water partition coefficient (Wildman–Crippen LogP) is -0.220. The van der Waals surface area contributed by atoms with E-state index in [2.05, 4.69) is 0 Å². The van der Waals surface area contributed by atoms with E-state index >= 15 is 0 Å². The van der Waals surface area contributed by atoms with Gasteiger partial charge in [0.05, 0.1) is 16.9 Å². The molecular weight excluding hydrogens is 473 g/mol. The van der Waals surface area contributed by atoms with Gasteiger partial charge >= 0.3 is 17.8 Å². The number of esters is 1. The third-order valence-electron chi connectivity index (χ3n) is 4.45. The molecule has 33 heavy (non-hydrogen) atoms. The van der Waals surface area contributed by atoms with Crippen molar-refractivity contribution in [1.82, 2.24) is 13.9 Å². The van der Waals surface area contributed by atoms with Crippen LogP contribution in [-0.2, 0) is 39.8 Å². The average Bonchev–Trinajstić information content (AvgIpc) is 2.74. The Labute approximate surface area is 184 Å². The van der Waals surface area contributed by atoms with E-state index in [-0.39, 0.29) is 0 Å². The van der Waals surface area contributed by atoms with E-state index in [1.54, 1.807) is 0 Å². The number of nitrogens with two attached hydrogens (primary N) is 1. The SMILES string of the molecule is Cn1c(N)c(C(=O)COC(=O)CCNS(=O)(=O)c2cccc(C(F)(F)F)c2)c(=O)n(C)c1=O. The van der Waals surface area contributed by atoms with Crippen LogP contribution in [0.3, 0.4) is 0 Å². The van der Waals surface area contributed by atoms with Crippen LogP contribution in [0.25, 0.3) is 0 Å². The number of benzene rings is 1. The first-order valence-electron chi connectivity index (χ1n) is 9.08. The number of nitrogens with zero attached hydrogens (tertiary/aromatic N) is 2. The molecule has 0 aliphatic rings. The van der Waals surface area contributed by atoms with Crippen molar-refractivity contribution >= 4 is 27.6 Å². The third-order valence-corrected chi connectivity index (χ3v) is 5.90. The number of rotatable bonds is 8. The summed E-state index contributed by atoms with van der Waals surface area (Å²) >= 11 is 0. The van der Waals surface area contributed by atoms with Crippen LogP contribution in [-0.4, -0.2) is 42.5 Å². The summed E-state index contributed by atoms with van der Waals surface area (Å²) in [4.78, 5) is 47.3. The first-order chi connectivity index (χ1) is 15.2. The standard InChI is InChI=1S/C18H19F3N4O7S/c1-24-15(22)14(16(28)25(2)17(24)29)12(26)9-32-13(27)6-7-23-33(30,31)11-5-3-4-10(8-11)18(19,20)21/h3-5,8,23H,6-7,9,22H2,1-2H3. The molecule has 0 spiro atoms. The Bertz CT molecular complexity index is 1310. The molecule has 0 saturated heterocycles. The largest absolute Gasteiger partial charge is 0.457 e.